The van der Waals surface area contributed by atoms with Gasteiger partial charge in [0.05, 0.1) is 0 Å². The highest BCUT2D eigenvalue weighted by Gasteiger charge is 2.24. The van der Waals surface area contributed by atoms with Gasteiger partial charge >= 0.3 is 0 Å². The van der Waals surface area contributed by atoms with Crippen LogP contribution in [0, 0.1) is 6.92 Å². The minimum Gasteiger partial charge on any atom is -0.457 e. The lowest BCUT2D eigenvalue weighted by Crippen LogP contribution is -2.09. The van der Waals surface area contributed by atoms with Crippen molar-refractivity contribution in [1.82, 2.24) is 0 Å². The fourth-order valence-corrected chi connectivity index (χ4v) is 2.32. The Morgan fingerprint density at radius 1 is 0.882 bits per heavy atom. The predicted octanol–water partition coefficient (Wildman–Crippen LogP) is 4.57. The highest BCUT2D eigenvalue weighted by Crippen LogP contribution is 2.44. The number of rotatable bonds is 1. The Kier molecular flexibility index (Phi) is 3.39. The first-order valence-electron chi connectivity index (χ1n) is 5.55. The number of para-hydroxylation sites is 2. The second-order valence-corrected chi connectivity index (χ2v) is 4.02. The number of benzene rings is 2. The van der Waals surface area contributed by atoms with Crippen molar-refractivity contribution >= 4 is 12.4 Å². The highest BCUT2D eigenvalue weighted by atomic mass is 35.5. The molecule has 0 saturated heterocycles. The quantitative estimate of drug-likeness (QED) is 0.715. The minimum absolute atomic E-state index is 0. The molecule has 0 unspecified atom stereocenters. The van der Waals surface area contributed by atoms with Gasteiger partial charge in [-0.25, -0.2) is 0 Å². The summed E-state index contributed by atoms with van der Waals surface area (Å²) in [5.74, 6) is 2.30. The molecule has 0 aliphatic carbocycles. The second-order valence-electron chi connectivity index (χ2n) is 4.02. The molecule has 0 atom stereocenters. The summed E-state index contributed by atoms with van der Waals surface area (Å²) in [6, 6.07) is 16.4. The summed E-state index contributed by atoms with van der Waals surface area (Å²) in [6.45, 7) is 4.05. The fraction of sp³-hybridized carbons (Fsp3) is 0.133. The smallest absolute Gasteiger partial charge is 0.131 e. The summed E-state index contributed by atoms with van der Waals surface area (Å²) < 4.78 is 5.88. The minimum atomic E-state index is 0. The van der Waals surface area contributed by atoms with Crippen molar-refractivity contribution in [3.05, 3.63) is 66.6 Å². The number of halogens is 1. The van der Waals surface area contributed by atoms with Gasteiger partial charge in [0, 0.05) is 17.0 Å². The summed E-state index contributed by atoms with van der Waals surface area (Å²) in [7, 11) is 0. The van der Waals surface area contributed by atoms with Crippen molar-refractivity contribution in [1.29, 1.82) is 0 Å². The summed E-state index contributed by atoms with van der Waals surface area (Å²) in [4.78, 5) is 0. The normalized spacial score (nSPS) is 13.0. The molecule has 0 aromatic heterocycles. The summed E-state index contributed by atoms with van der Waals surface area (Å²) in [5.41, 5.74) is 2.49. The van der Waals surface area contributed by atoms with Gasteiger partial charge in [-0.05, 0) is 18.6 Å². The van der Waals surface area contributed by atoms with E-state index in [1.54, 1.807) is 0 Å². The summed E-state index contributed by atoms with van der Waals surface area (Å²) >= 11 is 0. The number of fused-ring (bicyclic) bond motifs is 2. The lowest BCUT2D eigenvalue weighted by atomic mass is 9.86. The second kappa shape index (κ2) is 4.80. The standard InChI is InChI=1S/C15H13O.ClH/c1-2-11-12-7-3-5-9-14(12)16-15-10-6-4-8-13(11)15;/h3-11H,1-2H2;1H. The number of hydrogen-bond acceptors (Lipinski definition) is 1. The Bertz CT molecular complexity index is 476. The predicted molar refractivity (Wildman–Crippen MR) is 72.0 cm³/mol. The maximum atomic E-state index is 5.88. The van der Waals surface area contributed by atoms with Crippen LogP contribution in [0.4, 0.5) is 0 Å². The van der Waals surface area contributed by atoms with Gasteiger partial charge in [0.15, 0.2) is 0 Å². The molecular weight excluding hydrogens is 232 g/mol. The molecule has 0 spiro atoms. The lowest BCUT2D eigenvalue weighted by molar-refractivity contribution is 0.445. The molecule has 2 aromatic rings. The molecule has 0 amide bonds. The zero-order valence-corrected chi connectivity index (χ0v) is 10.2. The van der Waals surface area contributed by atoms with Crippen LogP contribution in [0.3, 0.4) is 0 Å². The van der Waals surface area contributed by atoms with Gasteiger partial charge in [-0.15, -0.1) is 12.4 Å². The molecule has 1 aliphatic rings. The van der Waals surface area contributed by atoms with Gasteiger partial charge in [-0.3, -0.25) is 0 Å². The van der Waals surface area contributed by atoms with Crippen LogP contribution in [0.1, 0.15) is 23.5 Å². The average Bonchev–Trinajstić information content (AvgIpc) is 2.36. The molecule has 0 saturated carbocycles. The summed E-state index contributed by atoms with van der Waals surface area (Å²) in [6.07, 6.45) is 0.859. The third kappa shape index (κ3) is 1.91. The third-order valence-electron chi connectivity index (χ3n) is 3.10. The van der Waals surface area contributed by atoms with Gasteiger partial charge in [0.25, 0.3) is 0 Å². The Morgan fingerprint density at radius 3 is 1.82 bits per heavy atom. The zero-order valence-electron chi connectivity index (χ0n) is 9.43. The van der Waals surface area contributed by atoms with Crippen LogP contribution in [0.15, 0.2) is 48.5 Å². The van der Waals surface area contributed by atoms with Crippen LogP contribution >= 0.6 is 12.4 Å². The van der Waals surface area contributed by atoms with Crippen LogP contribution < -0.4 is 4.74 Å². The van der Waals surface area contributed by atoms with Crippen molar-refractivity contribution in [2.45, 2.75) is 12.3 Å². The molecule has 1 aliphatic heterocycles. The first kappa shape index (κ1) is 12.0. The van der Waals surface area contributed by atoms with Crippen LogP contribution in [-0.2, 0) is 0 Å². The van der Waals surface area contributed by atoms with Crippen LogP contribution in [0.2, 0.25) is 0 Å². The molecule has 1 nitrogen and oxygen atoms in total. The van der Waals surface area contributed by atoms with Gasteiger partial charge in [0.1, 0.15) is 11.5 Å². The van der Waals surface area contributed by atoms with Crippen LogP contribution in [-0.4, -0.2) is 0 Å². The van der Waals surface area contributed by atoms with E-state index in [4.69, 9.17) is 4.74 Å². The molecule has 1 heterocycles. The van der Waals surface area contributed by atoms with Gasteiger partial charge < -0.3 is 4.74 Å². The molecule has 1 radical (unpaired) electrons. The van der Waals surface area contributed by atoms with Crippen molar-refractivity contribution in [2.75, 3.05) is 0 Å². The maximum Gasteiger partial charge on any atom is 0.131 e. The molecule has 2 heteroatoms. The molecule has 17 heavy (non-hydrogen) atoms. The topological polar surface area (TPSA) is 9.23 Å². The summed E-state index contributed by atoms with van der Waals surface area (Å²) in [5, 5.41) is 0. The van der Waals surface area contributed by atoms with E-state index < -0.39 is 0 Å². The van der Waals surface area contributed by atoms with Crippen molar-refractivity contribution in [2.24, 2.45) is 0 Å². The molecule has 2 aromatic carbocycles. The van der Waals surface area contributed by atoms with Gasteiger partial charge in [0.2, 0.25) is 0 Å². The van der Waals surface area contributed by atoms with Crippen LogP contribution in [0.25, 0.3) is 0 Å². The average molecular weight is 246 g/mol. The van der Waals surface area contributed by atoms with E-state index >= 15 is 0 Å². The third-order valence-corrected chi connectivity index (χ3v) is 3.10. The van der Waals surface area contributed by atoms with E-state index in [-0.39, 0.29) is 12.4 Å². The van der Waals surface area contributed by atoms with Crippen molar-refractivity contribution < 1.29 is 4.74 Å². The first-order chi connectivity index (χ1) is 7.90. The Balaban J connectivity index is 0.00000108. The number of hydrogen-bond donors (Lipinski definition) is 0. The highest BCUT2D eigenvalue weighted by molar-refractivity contribution is 5.85. The molecule has 87 valence electrons. The molecule has 0 bridgehead atoms. The molecule has 0 fully saturated rings. The van der Waals surface area contributed by atoms with E-state index in [9.17, 15) is 0 Å². The number of ether oxygens (including phenoxy) is 1. The van der Waals surface area contributed by atoms with Crippen molar-refractivity contribution in [3.63, 3.8) is 0 Å². The fourth-order valence-electron chi connectivity index (χ4n) is 2.32. The maximum absolute atomic E-state index is 5.88. The Labute approximate surface area is 108 Å². The van der Waals surface area contributed by atoms with E-state index in [1.165, 1.54) is 11.1 Å². The van der Waals surface area contributed by atoms with E-state index in [0.717, 1.165) is 17.9 Å². The van der Waals surface area contributed by atoms with Gasteiger partial charge in [-0.2, -0.15) is 0 Å². The molecule has 0 N–H and O–H groups in total. The lowest BCUT2D eigenvalue weighted by Gasteiger charge is -2.27. The largest absolute Gasteiger partial charge is 0.457 e. The van der Waals surface area contributed by atoms with E-state index in [0.29, 0.717) is 5.92 Å². The van der Waals surface area contributed by atoms with E-state index in [1.807, 2.05) is 24.3 Å². The monoisotopic (exact) mass is 245 g/mol. The Hall–Kier alpha value is -1.47. The zero-order chi connectivity index (χ0) is 11.0. The van der Waals surface area contributed by atoms with Crippen molar-refractivity contribution in [3.8, 4) is 11.5 Å². The Morgan fingerprint density at radius 2 is 1.35 bits per heavy atom. The molecular formula is C15H14ClO. The van der Waals surface area contributed by atoms with Gasteiger partial charge in [-0.1, -0.05) is 43.3 Å². The van der Waals surface area contributed by atoms with E-state index in [2.05, 4.69) is 31.2 Å². The SMILES string of the molecule is Cl.[CH2]CC1c2ccccc2Oc2ccccc21. The van der Waals surface area contributed by atoms with Crippen LogP contribution in [0.5, 0.6) is 11.5 Å². The molecule has 3 rings (SSSR count). The first-order valence-corrected chi connectivity index (χ1v) is 5.55.